The molecule has 0 spiro atoms. The van der Waals surface area contributed by atoms with Gasteiger partial charge < -0.3 is 10.4 Å². The fraction of sp³-hybridized carbons (Fsp3) is 0.429. The van der Waals surface area contributed by atoms with Crippen molar-refractivity contribution < 1.29 is 13.9 Å². The molecule has 0 fully saturated rings. The molecule has 0 unspecified atom stereocenters. The van der Waals surface area contributed by atoms with Crippen molar-refractivity contribution in [3.63, 3.8) is 0 Å². The number of hydrogen-bond acceptors (Lipinski definition) is 4. The van der Waals surface area contributed by atoms with E-state index < -0.39 is 19.1 Å². The summed E-state index contributed by atoms with van der Waals surface area (Å²) >= 11 is 1.93. The molecule has 0 saturated heterocycles. The fourth-order valence-corrected chi connectivity index (χ4v) is 1.20. The van der Waals surface area contributed by atoms with Crippen LogP contribution in [0.3, 0.4) is 0 Å². The molecule has 4 nitrogen and oxygen atoms in total. The zero-order valence-electron chi connectivity index (χ0n) is 7.04. The molecule has 78 valence electrons. The summed E-state index contributed by atoms with van der Waals surface area (Å²) in [6.07, 6.45) is 2.77. The molecular formula is C7H8F2IN3O. The zero-order chi connectivity index (χ0) is 10.6. The Morgan fingerprint density at radius 1 is 1.57 bits per heavy atom. The van der Waals surface area contributed by atoms with Gasteiger partial charge in [-0.1, -0.05) is 0 Å². The first-order chi connectivity index (χ1) is 6.55. The van der Waals surface area contributed by atoms with Crippen molar-refractivity contribution in [2.24, 2.45) is 0 Å². The third-order valence-electron chi connectivity index (χ3n) is 1.41. The van der Waals surface area contributed by atoms with E-state index in [0.717, 1.165) is 0 Å². The molecule has 14 heavy (non-hydrogen) atoms. The van der Waals surface area contributed by atoms with Crippen LogP contribution in [0.25, 0.3) is 0 Å². The maximum atomic E-state index is 12.6. The topological polar surface area (TPSA) is 58.0 Å². The van der Waals surface area contributed by atoms with Crippen molar-refractivity contribution in [1.82, 2.24) is 9.97 Å². The Balaban J connectivity index is 2.58. The van der Waals surface area contributed by atoms with E-state index in [4.69, 9.17) is 5.11 Å². The SMILES string of the molecule is OCC(F)(F)CNc1ncncc1I. The van der Waals surface area contributed by atoms with Gasteiger partial charge in [-0.05, 0) is 22.6 Å². The van der Waals surface area contributed by atoms with Crippen LogP contribution in [-0.4, -0.2) is 34.1 Å². The number of alkyl halides is 2. The molecule has 0 saturated carbocycles. The van der Waals surface area contributed by atoms with E-state index in [9.17, 15) is 8.78 Å². The summed E-state index contributed by atoms with van der Waals surface area (Å²) < 4.78 is 25.9. The minimum Gasteiger partial charge on any atom is -0.390 e. The number of nitrogens with zero attached hydrogens (tertiary/aromatic N) is 2. The van der Waals surface area contributed by atoms with Crippen molar-refractivity contribution >= 4 is 28.4 Å². The fourth-order valence-electron chi connectivity index (χ4n) is 0.712. The quantitative estimate of drug-likeness (QED) is 0.818. The van der Waals surface area contributed by atoms with Gasteiger partial charge in [0.05, 0.1) is 10.1 Å². The molecule has 1 aromatic rings. The van der Waals surface area contributed by atoms with E-state index in [1.807, 2.05) is 22.6 Å². The molecule has 0 aliphatic heterocycles. The predicted octanol–water partition coefficient (Wildman–Crippen LogP) is 1.12. The van der Waals surface area contributed by atoms with E-state index >= 15 is 0 Å². The molecule has 1 aromatic heterocycles. The van der Waals surface area contributed by atoms with Crippen LogP contribution in [0.15, 0.2) is 12.5 Å². The van der Waals surface area contributed by atoms with Gasteiger partial charge in [0.1, 0.15) is 18.8 Å². The average molecular weight is 315 g/mol. The summed E-state index contributed by atoms with van der Waals surface area (Å²) in [6, 6.07) is 0. The summed E-state index contributed by atoms with van der Waals surface area (Å²) in [5.74, 6) is -2.79. The highest BCUT2D eigenvalue weighted by molar-refractivity contribution is 14.1. The van der Waals surface area contributed by atoms with Gasteiger partial charge >= 0.3 is 0 Å². The lowest BCUT2D eigenvalue weighted by Gasteiger charge is -2.14. The molecule has 0 aliphatic rings. The van der Waals surface area contributed by atoms with Crippen molar-refractivity contribution in [2.45, 2.75) is 5.92 Å². The normalized spacial score (nSPS) is 11.4. The molecule has 0 bridgehead atoms. The first-order valence-electron chi connectivity index (χ1n) is 3.73. The smallest absolute Gasteiger partial charge is 0.287 e. The number of nitrogens with one attached hydrogen (secondary N) is 1. The Kier molecular flexibility index (Phi) is 3.93. The number of aromatic nitrogens is 2. The summed E-state index contributed by atoms with van der Waals surface area (Å²) in [5.41, 5.74) is 0. The minimum absolute atomic E-state index is 0.341. The summed E-state index contributed by atoms with van der Waals surface area (Å²) in [6.45, 7) is -1.82. The number of anilines is 1. The Morgan fingerprint density at radius 2 is 2.29 bits per heavy atom. The lowest BCUT2D eigenvalue weighted by atomic mass is 10.3. The Bertz CT molecular complexity index is 311. The monoisotopic (exact) mass is 315 g/mol. The van der Waals surface area contributed by atoms with Gasteiger partial charge in [-0.15, -0.1) is 0 Å². The first kappa shape index (κ1) is 11.5. The van der Waals surface area contributed by atoms with Crippen LogP contribution in [0.4, 0.5) is 14.6 Å². The lowest BCUT2D eigenvalue weighted by Crippen LogP contribution is -2.31. The molecule has 0 aliphatic carbocycles. The van der Waals surface area contributed by atoms with Gasteiger partial charge in [0.15, 0.2) is 0 Å². The molecule has 2 N–H and O–H groups in total. The van der Waals surface area contributed by atoms with Crippen LogP contribution in [-0.2, 0) is 0 Å². The summed E-state index contributed by atoms with van der Waals surface area (Å²) in [5, 5.41) is 10.8. The lowest BCUT2D eigenvalue weighted by molar-refractivity contribution is -0.0373. The van der Waals surface area contributed by atoms with Crippen LogP contribution in [0.1, 0.15) is 0 Å². The highest BCUT2D eigenvalue weighted by Gasteiger charge is 2.27. The van der Waals surface area contributed by atoms with Crippen molar-refractivity contribution in [3.8, 4) is 0 Å². The van der Waals surface area contributed by atoms with Crippen molar-refractivity contribution in [3.05, 3.63) is 16.1 Å². The average Bonchev–Trinajstić information content (AvgIpc) is 2.17. The maximum absolute atomic E-state index is 12.6. The van der Waals surface area contributed by atoms with Crippen molar-refractivity contribution in [2.75, 3.05) is 18.5 Å². The Hall–Kier alpha value is -0.570. The largest absolute Gasteiger partial charge is 0.390 e. The van der Waals surface area contributed by atoms with Gasteiger partial charge in [-0.3, -0.25) is 0 Å². The summed E-state index contributed by atoms with van der Waals surface area (Å²) in [4.78, 5) is 7.48. The van der Waals surface area contributed by atoms with Crippen LogP contribution in [0.2, 0.25) is 0 Å². The van der Waals surface area contributed by atoms with E-state index in [1.54, 1.807) is 0 Å². The van der Waals surface area contributed by atoms with Gasteiger partial charge in [0.2, 0.25) is 0 Å². The second-order valence-corrected chi connectivity index (χ2v) is 3.75. The molecular weight excluding hydrogens is 307 g/mol. The van der Waals surface area contributed by atoms with Crippen molar-refractivity contribution in [1.29, 1.82) is 0 Å². The van der Waals surface area contributed by atoms with Crippen LogP contribution in [0, 0.1) is 3.57 Å². The molecule has 7 heteroatoms. The molecule has 1 heterocycles. The molecule has 0 atom stereocenters. The van der Waals surface area contributed by atoms with Gasteiger partial charge in [-0.2, -0.15) is 0 Å². The minimum atomic E-state index is -3.13. The molecule has 1 rings (SSSR count). The molecule has 0 amide bonds. The van der Waals surface area contributed by atoms with E-state index in [1.165, 1.54) is 12.5 Å². The number of aliphatic hydroxyl groups excluding tert-OH is 1. The Labute approximate surface area is 92.9 Å². The number of hydrogen-bond donors (Lipinski definition) is 2. The number of rotatable bonds is 4. The number of halogens is 3. The standard InChI is InChI=1S/C7H8F2IN3O/c8-7(9,3-14)2-12-6-5(10)1-11-4-13-6/h1,4,14H,2-3H2,(H,11,12,13). The van der Waals surface area contributed by atoms with Crippen LogP contribution < -0.4 is 5.32 Å². The number of aliphatic hydroxyl groups is 1. The zero-order valence-corrected chi connectivity index (χ0v) is 9.20. The predicted molar refractivity (Wildman–Crippen MR) is 55.3 cm³/mol. The van der Waals surface area contributed by atoms with Gasteiger partial charge in [0.25, 0.3) is 5.92 Å². The van der Waals surface area contributed by atoms with E-state index in [-0.39, 0.29) is 0 Å². The van der Waals surface area contributed by atoms with E-state index in [2.05, 4.69) is 15.3 Å². The first-order valence-corrected chi connectivity index (χ1v) is 4.81. The van der Waals surface area contributed by atoms with Gasteiger partial charge in [0, 0.05) is 6.20 Å². The second kappa shape index (κ2) is 4.78. The third kappa shape index (κ3) is 3.29. The second-order valence-electron chi connectivity index (χ2n) is 2.59. The molecule has 0 radical (unpaired) electrons. The third-order valence-corrected chi connectivity index (χ3v) is 2.20. The van der Waals surface area contributed by atoms with Crippen LogP contribution >= 0.6 is 22.6 Å². The highest BCUT2D eigenvalue weighted by Crippen LogP contribution is 2.16. The van der Waals surface area contributed by atoms with Gasteiger partial charge in [-0.25, -0.2) is 18.7 Å². The molecule has 0 aromatic carbocycles. The highest BCUT2D eigenvalue weighted by atomic mass is 127. The van der Waals surface area contributed by atoms with E-state index in [0.29, 0.717) is 9.39 Å². The maximum Gasteiger partial charge on any atom is 0.287 e. The Morgan fingerprint density at radius 3 is 2.86 bits per heavy atom. The summed E-state index contributed by atoms with van der Waals surface area (Å²) in [7, 11) is 0. The van der Waals surface area contributed by atoms with Crippen LogP contribution in [0.5, 0.6) is 0 Å².